The van der Waals surface area contributed by atoms with Crippen LogP contribution >= 0.6 is 15.9 Å². The predicted octanol–water partition coefficient (Wildman–Crippen LogP) is 3.08. The number of halogens is 2. The molecule has 0 aliphatic heterocycles. The number of aliphatic hydroxyl groups excluding tert-OH is 1. The van der Waals surface area contributed by atoms with Gasteiger partial charge in [-0.15, -0.1) is 0 Å². The third-order valence-corrected chi connectivity index (χ3v) is 3.19. The fourth-order valence-electron chi connectivity index (χ4n) is 1.67. The van der Waals surface area contributed by atoms with Gasteiger partial charge in [0.25, 0.3) is 0 Å². The summed E-state index contributed by atoms with van der Waals surface area (Å²) in [5, 5.41) is 12.8. The van der Waals surface area contributed by atoms with Gasteiger partial charge in [-0.1, -0.05) is 35.8 Å². The molecule has 0 radical (unpaired) electrons. The Hall–Kier alpha value is -0.450. The Balaban J connectivity index is 2.35. The quantitative estimate of drug-likeness (QED) is 0.846. The normalized spacial score (nSPS) is 13.1. The molecular weight excluding hydrogens is 285 g/mol. The lowest BCUT2D eigenvalue weighted by Gasteiger charge is -2.14. The average molecular weight is 304 g/mol. The van der Waals surface area contributed by atoms with E-state index in [1.807, 2.05) is 0 Å². The average Bonchev–Trinajstić information content (AvgIpc) is 2.20. The van der Waals surface area contributed by atoms with Gasteiger partial charge in [-0.25, -0.2) is 4.39 Å². The number of rotatable bonds is 6. The van der Waals surface area contributed by atoms with Crippen molar-refractivity contribution >= 4 is 15.9 Å². The Labute approximate surface area is 110 Å². The molecule has 0 fully saturated rings. The molecule has 0 amide bonds. The first kappa shape index (κ1) is 14.6. The molecule has 0 heterocycles. The zero-order valence-corrected chi connectivity index (χ0v) is 11.8. The summed E-state index contributed by atoms with van der Waals surface area (Å²) < 4.78 is 13.6. The molecule has 1 rings (SSSR count). The van der Waals surface area contributed by atoms with Crippen LogP contribution < -0.4 is 5.32 Å². The zero-order valence-electron chi connectivity index (χ0n) is 10.2. The van der Waals surface area contributed by atoms with Crippen molar-refractivity contribution in [3.63, 3.8) is 0 Å². The summed E-state index contributed by atoms with van der Waals surface area (Å²) in [7, 11) is 0. The van der Waals surface area contributed by atoms with Gasteiger partial charge < -0.3 is 10.4 Å². The van der Waals surface area contributed by atoms with E-state index in [4.69, 9.17) is 0 Å². The zero-order chi connectivity index (χ0) is 12.8. The Morgan fingerprint density at radius 1 is 1.41 bits per heavy atom. The summed E-state index contributed by atoms with van der Waals surface area (Å²) in [5.41, 5.74) is 0.989. The highest BCUT2D eigenvalue weighted by atomic mass is 79.9. The van der Waals surface area contributed by atoms with E-state index in [1.165, 1.54) is 12.1 Å². The van der Waals surface area contributed by atoms with Crippen molar-refractivity contribution in [3.05, 3.63) is 34.1 Å². The first-order chi connectivity index (χ1) is 7.99. The van der Waals surface area contributed by atoms with Crippen LogP contribution in [0.25, 0.3) is 0 Å². The maximum absolute atomic E-state index is 12.9. The van der Waals surface area contributed by atoms with Crippen molar-refractivity contribution in [1.29, 1.82) is 0 Å². The van der Waals surface area contributed by atoms with Crippen molar-refractivity contribution in [2.75, 3.05) is 6.54 Å². The summed E-state index contributed by atoms with van der Waals surface area (Å²) in [5.74, 6) is 0.241. The minimum absolute atomic E-state index is 0.250. The molecule has 0 aliphatic rings. The highest BCUT2D eigenvalue weighted by molar-refractivity contribution is 9.10. The smallest absolute Gasteiger partial charge is 0.124 e. The van der Waals surface area contributed by atoms with Crippen LogP contribution in [0.5, 0.6) is 0 Å². The molecule has 1 unspecified atom stereocenters. The van der Waals surface area contributed by atoms with Gasteiger partial charge in [-0.2, -0.15) is 0 Å². The lowest BCUT2D eigenvalue weighted by molar-refractivity contribution is 0.146. The van der Waals surface area contributed by atoms with E-state index in [-0.39, 0.29) is 11.9 Å². The molecular formula is C13H19BrFNO. The van der Waals surface area contributed by atoms with Crippen molar-refractivity contribution in [3.8, 4) is 0 Å². The second-order valence-corrected chi connectivity index (χ2v) is 5.50. The molecule has 1 atom stereocenters. The maximum Gasteiger partial charge on any atom is 0.124 e. The summed E-state index contributed by atoms with van der Waals surface area (Å²) in [6, 6.07) is 4.62. The van der Waals surface area contributed by atoms with E-state index in [0.29, 0.717) is 19.0 Å². The summed E-state index contributed by atoms with van der Waals surface area (Å²) in [4.78, 5) is 0. The fourth-order valence-corrected chi connectivity index (χ4v) is 2.16. The van der Waals surface area contributed by atoms with E-state index in [9.17, 15) is 9.50 Å². The second kappa shape index (κ2) is 7.09. The van der Waals surface area contributed by atoms with Gasteiger partial charge in [-0.3, -0.25) is 0 Å². The highest BCUT2D eigenvalue weighted by Gasteiger charge is 2.07. The van der Waals surface area contributed by atoms with Gasteiger partial charge in [0.2, 0.25) is 0 Å². The third kappa shape index (κ3) is 5.61. The summed E-state index contributed by atoms with van der Waals surface area (Å²) >= 11 is 3.31. The van der Waals surface area contributed by atoms with Crippen LogP contribution in [0, 0.1) is 11.7 Å². The van der Waals surface area contributed by atoms with Crippen LogP contribution in [-0.2, 0) is 6.54 Å². The largest absolute Gasteiger partial charge is 0.392 e. The van der Waals surface area contributed by atoms with Crippen LogP contribution in [0.15, 0.2) is 22.7 Å². The third-order valence-electron chi connectivity index (χ3n) is 2.45. The van der Waals surface area contributed by atoms with Crippen LogP contribution in [-0.4, -0.2) is 17.8 Å². The SMILES string of the molecule is CC(C)CC(O)CNCc1ccc(F)cc1Br. The summed E-state index contributed by atoms with van der Waals surface area (Å²) in [6.45, 7) is 5.34. The van der Waals surface area contributed by atoms with Gasteiger partial charge in [0.15, 0.2) is 0 Å². The molecule has 0 aromatic heterocycles. The number of aliphatic hydroxyl groups is 1. The van der Waals surface area contributed by atoms with E-state index in [0.717, 1.165) is 16.5 Å². The Kier molecular flexibility index (Phi) is 6.09. The van der Waals surface area contributed by atoms with Crippen molar-refractivity contribution < 1.29 is 9.50 Å². The Morgan fingerprint density at radius 3 is 2.71 bits per heavy atom. The van der Waals surface area contributed by atoms with Gasteiger partial charge in [0.05, 0.1) is 6.10 Å². The molecule has 1 aromatic carbocycles. The number of hydrogen-bond acceptors (Lipinski definition) is 2. The lowest BCUT2D eigenvalue weighted by Crippen LogP contribution is -2.27. The molecule has 0 saturated heterocycles. The Bertz CT molecular complexity index is 357. The molecule has 0 saturated carbocycles. The minimum Gasteiger partial charge on any atom is -0.392 e. The molecule has 96 valence electrons. The first-order valence-corrected chi connectivity index (χ1v) is 6.61. The van der Waals surface area contributed by atoms with Crippen LogP contribution in [0.4, 0.5) is 4.39 Å². The van der Waals surface area contributed by atoms with E-state index >= 15 is 0 Å². The molecule has 1 aromatic rings. The number of nitrogens with one attached hydrogen (secondary N) is 1. The maximum atomic E-state index is 12.9. The monoisotopic (exact) mass is 303 g/mol. The van der Waals surface area contributed by atoms with Gasteiger partial charge in [-0.05, 0) is 30.0 Å². The molecule has 17 heavy (non-hydrogen) atoms. The van der Waals surface area contributed by atoms with Crippen LogP contribution in [0.3, 0.4) is 0 Å². The molecule has 2 N–H and O–H groups in total. The van der Waals surface area contributed by atoms with Crippen LogP contribution in [0.2, 0.25) is 0 Å². The first-order valence-electron chi connectivity index (χ1n) is 5.81. The molecule has 0 bridgehead atoms. The molecule has 0 aliphatic carbocycles. The number of hydrogen-bond donors (Lipinski definition) is 2. The molecule has 0 spiro atoms. The van der Waals surface area contributed by atoms with Crippen molar-refractivity contribution in [2.45, 2.75) is 32.9 Å². The fraction of sp³-hybridized carbons (Fsp3) is 0.538. The van der Waals surface area contributed by atoms with Gasteiger partial charge in [0.1, 0.15) is 5.82 Å². The molecule has 4 heteroatoms. The topological polar surface area (TPSA) is 32.3 Å². The van der Waals surface area contributed by atoms with Gasteiger partial charge >= 0.3 is 0 Å². The van der Waals surface area contributed by atoms with Crippen molar-refractivity contribution in [2.24, 2.45) is 5.92 Å². The summed E-state index contributed by atoms with van der Waals surface area (Å²) in [6.07, 6.45) is 0.464. The van der Waals surface area contributed by atoms with Gasteiger partial charge in [0, 0.05) is 17.6 Å². The standard InChI is InChI=1S/C13H19BrFNO/c1-9(2)5-12(17)8-16-7-10-3-4-11(15)6-13(10)14/h3-4,6,9,12,16-17H,5,7-8H2,1-2H3. The lowest BCUT2D eigenvalue weighted by atomic mass is 10.1. The van der Waals surface area contributed by atoms with Crippen molar-refractivity contribution in [1.82, 2.24) is 5.32 Å². The van der Waals surface area contributed by atoms with E-state index in [2.05, 4.69) is 35.1 Å². The predicted molar refractivity (Wildman–Crippen MR) is 71.3 cm³/mol. The van der Waals surface area contributed by atoms with E-state index in [1.54, 1.807) is 6.07 Å². The Morgan fingerprint density at radius 2 is 2.12 bits per heavy atom. The minimum atomic E-state index is -0.325. The highest BCUT2D eigenvalue weighted by Crippen LogP contribution is 2.17. The second-order valence-electron chi connectivity index (χ2n) is 4.65. The number of benzene rings is 1. The van der Waals surface area contributed by atoms with E-state index < -0.39 is 0 Å². The molecule has 2 nitrogen and oxygen atoms in total. The van der Waals surface area contributed by atoms with Crippen LogP contribution in [0.1, 0.15) is 25.8 Å².